The van der Waals surface area contributed by atoms with Crippen LogP contribution in [-0.2, 0) is 14.9 Å². The first kappa shape index (κ1) is 15.5. The van der Waals surface area contributed by atoms with Crippen LogP contribution in [0.15, 0.2) is 78.0 Å². The Kier molecular flexibility index (Phi) is 3.80. The maximum atomic E-state index is 12.9. The molecule has 0 spiro atoms. The molecule has 0 bridgehead atoms. The molecule has 1 atom stereocenters. The average Bonchev–Trinajstić information content (AvgIpc) is 2.98. The van der Waals surface area contributed by atoms with Gasteiger partial charge in [-0.25, -0.2) is 0 Å². The van der Waals surface area contributed by atoms with Crippen molar-refractivity contribution in [1.82, 2.24) is 0 Å². The largest absolute Gasteiger partial charge is 0.465 e. The number of carbonyl (C=O) groups excluding carboxylic acids is 1. The molecule has 4 nitrogen and oxygen atoms in total. The number of esters is 1. The summed E-state index contributed by atoms with van der Waals surface area (Å²) in [7, 11) is 0. The van der Waals surface area contributed by atoms with E-state index in [9.17, 15) is 4.79 Å². The van der Waals surface area contributed by atoms with E-state index in [1.165, 1.54) is 0 Å². The summed E-state index contributed by atoms with van der Waals surface area (Å²) in [5.74, 6) is 1.03. The third-order valence-electron chi connectivity index (χ3n) is 4.48. The number of ether oxygens (including phenoxy) is 3. The van der Waals surface area contributed by atoms with Gasteiger partial charge < -0.3 is 14.2 Å². The number of benzene rings is 1. The summed E-state index contributed by atoms with van der Waals surface area (Å²) >= 11 is 0. The van der Waals surface area contributed by atoms with Gasteiger partial charge in [0.2, 0.25) is 6.79 Å². The molecule has 0 fully saturated rings. The molecule has 4 rings (SSSR count). The second-order valence-electron chi connectivity index (χ2n) is 5.96. The normalized spacial score (nSPS) is 22.8. The summed E-state index contributed by atoms with van der Waals surface area (Å²) in [6.07, 6.45) is 15.8. The molecule has 126 valence electrons. The van der Waals surface area contributed by atoms with Crippen LogP contribution in [0, 0.1) is 0 Å². The maximum Gasteiger partial charge on any atom is 0.324 e. The Bertz CT molecular complexity index is 870. The molecule has 1 aliphatic heterocycles. The van der Waals surface area contributed by atoms with Crippen LogP contribution in [-0.4, -0.2) is 19.4 Å². The van der Waals surface area contributed by atoms with Crippen molar-refractivity contribution >= 4 is 5.97 Å². The number of hydrogen-bond donors (Lipinski definition) is 0. The lowest BCUT2D eigenvalue weighted by Crippen LogP contribution is -2.35. The molecular formula is C21H18O4. The van der Waals surface area contributed by atoms with Crippen LogP contribution in [0.5, 0.6) is 11.5 Å². The van der Waals surface area contributed by atoms with Crippen molar-refractivity contribution < 1.29 is 19.0 Å². The molecule has 1 unspecified atom stereocenters. The molecule has 2 aliphatic carbocycles. The van der Waals surface area contributed by atoms with Gasteiger partial charge in [0.25, 0.3) is 0 Å². The second-order valence-corrected chi connectivity index (χ2v) is 5.96. The number of hydrogen-bond acceptors (Lipinski definition) is 4. The van der Waals surface area contributed by atoms with Crippen LogP contribution in [0.25, 0.3) is 0 Å². The van der Waals surface area contributed by atoms with Gasteiger partial charge in [0.1, 0.15) is 5.41 Å². The SMILES string of the molecule is CCOC(=O)C1(c2ccc3c(c2)OCO3)C=CC2=CC=CC=CC2=C1. The van der Waals surface area contributed by atoms with Gasteiger partial charge in [0.15, 0.2) is 11.5 Å². The molecule has 25 heavy (non-hydrogen) atoms. The summed E-state index contributed by atoms with van der Waals surface area (Å²) in [5, 5.41) is 0. The van der Waals surface area contributed by atoms with E-state index in [0.29, 0.717) is 18.1 Å². The molecule has 0 amide bonds. The van der Waals surface area contributed by atoms with Gasteiger partial charge in [-0.15, -0.1) is 0 Å². The highest BCUT2D eigenvalue weighted by Gasteiger charge is 2.40. The molecule has 0 N–H and O–H groups in total. The summed E-state index contributed by atoms with van der Waals surface area (Å²) in [6.45, 7) is 2.33. The van der Waals surface area contributed by atoms with Crippen molar-refractivity contribution in [1.29, 1.82) is 0 Å². The lowest BCUT2D eigenvalue weighted by molar-refractivity contribution is -0.146. The van der Waals surface area contributed by atoms with Gasteiger partial charge >= 0.3 is 5.97 Å². The molecular weight excluding hydrogens is 316 g/mol. The fraction of sp³-hybridized carbons (Fsp3) is 0.190. The predicted molar refractivity (Wildman–Crippen MR) is 94.5 cm³/mol. The van der Waals surface area contributed by atoms with Gasteiger partial charge in [-0.05, 0) is 35.8 Å². The Morgan fingerprint density at radius 3 is 2.88 bits per heavy atom. The van der Waals surface area contributed by atoms with Gasteiger partial charge in [-0.2, -0.15) is 0 Å². The molecule has 0 saturated heterocycles. The van der Waals surface area contributed by atoms with E-state index >= 15 is 0 Å². The lowest BCUT2D eigenvalue weighted by Gasteiger charge is -2.30. The van der Waals surface area contributed by atoms with Crippen LogP contribution < -0.4 is 9.47 Å². The molecule has 1 heterocycles. The molecule has 0 saturated carbocycles. The fourth-order valence-electron chi connectivity index (χ4n) is 3.20. The second kappa shape index (κ2) is 6.13. The molecule has 1 aromatic rings. The van der Waals surface area contributed by atoms with E-state index in [0.717, 1.165) is 16.7 Å². The van der Waals surface area contributed by atoms with E-state index < -0.39 is 5.41 Å². The van der Waals surface area contributed by atoms with Crippen LogP contribution in [0.2, 0.25) is 0 Å². The van der Waals surface area contributed by atoms with Crippen molar-refractivity contribution in [3.05, 3.63) is 83.5 Å². The molecule has 0 aromatic heterocycles. The minimum Gasteiger partial charge on any atom is -0.465 e. The predicted octanol–water partition coefficient (Wildman–Crippen LogP) is 3.76. The number of fused-ring (bicyclic) bond motifs is 2. The first-order valence-corrected chi connectivity index (χ1v) is 8.28. The van der Waals surface area contributed by atoms with E-state index in [4.69, 9.17) is 14.2 Å². The van der Waals surface area contributed by atoms with Crippen molar-refractivity contribution in [3.8, 4) is 11.5 Å². The lowest BCUT2D eigenvalue weighted by atomic mass is 9.74. The Balaban J connectivity index is 1.86. The van der Waals surface area contributed by atoms with Crippen LogP contribution in [0.1, 0.15) is 12.5 Å². The summed E-state index contributed by atoms with van der Waals surface area (Å²) in [5.41, 5.74) is 1.85. The highest BCUT2D eigenvalue weighted by atomic mass is 16.7. The summed E-state index contributed by atoms with van der Waals surface area (Å²) in [4.78, 5) is 12.9. The third kappa shape index (κ3) is 2.60. The minimum absolute atomic E-state index is 0.198. The fourth-order valence-corrected chi connectivity index (χ4v) is 3.20. The summed E-state index contributed by atoms with van der Waals surface area (Å²) in [6, 6.07) is 5.58. The van der Waals surface area contributed by atoms with E-state index in [1.54, 1.807) is 0 Å². The van der Waals surface area contributed by atoms with E-state index in [1.807, 2.05) is 73.7 Å². The van der Waals surface area contributed by atoms with Crippen LogP contribution in [0.4, 0.5) is 0 Å². The number of allylic oxidation sites excluding steroid dienone is 8. The Morgan fingerprint density at radius 1 is 1.12 bits per heavy atom. The Morgan fingerprint density at radius 2 is 2.00 bits per heavy atom. The van der Waals surface area contributed by atoms with Gasteiger partial charge in [-0.3, -0.25) is 4.79 Å². The Labute approximate surface area is 146 Å². The number of carbonyl (C=O) groups is 1. The zero-order valence-corrected chi connectivity index (χ0v) is 13.9. The Hall–Kier alpha value is -3.01. The zero-order valence-electron chi connectivity index (χ0n) is 13.9. The molecule has 4 heteroatoms. The smallest absolute Gasteiger partial charge is 0.324 e. The standard InChI is InChI=1S/C21H18O4/c1-2-23-20(22)21(17-8-9-18-19(12-17)25-14-24-18)11-10-15-6-4-3-5-7-16(15)13-21/h3-13H,2,14H2,1H3. The van der Waals surface area contributed by atoms with E-state index in [2.05, 4.69) is 0 Å². The monoisotopic (exact) mass is 334 g/mol. The average molecular weight is 334 g/mol. The molecule has 1 aromatic carbocycles. The van der Waals surface area contributed by atoms with Gasteiger partial charge in [-0.1, -0.05) is 54.7 Å². The maximum absolute atomic E-state index is 12.9. The van der Waals surface area contributed by atoms with Crippen LogP contribution in [0.3, 0.4) is 0 Å². The zero-order chi connectivity index (χ0) is 17.3. The summed E-state index contributed by atoms with van der Waals surface area (Å²) < 4.78 is 16.3. The van der Waals surface area contributed by atoms with Crippen molar-refractivity contribution in [2.75, 3.05) is 13.4 Å². The molecule has 3 aliphatic rings. The molecule has 0 radical (unpaired) electrons. The van der Waals surface area contributed by atoms with Crippen molar-refractivity contribution in [2.24, 2.45) is 0 Å². The van der Waals surface area contributed by atoms with Crippen molar-refractivity contribution in [2.45, 2.75) is 12.3 Å². The van der Waals surface area contributed by atoms with E-state index in [-0.39, 0.29) is 12.8 Å². The highest BCUT2D eigenvalue weighted by molar-refractivity contribution is 5.90. The number of rotatable bonds is 3. The van der Waals surface area contributed by atoms with Gasteiger partial charge in [0.05, 0.1) is 6.61 Å². The van der Waals surface area contributed by atoms with Crippen LogP contribution >= 0.6 is 0 Å². The first-order valence-electron chi connectivity index (χ1n) is 8.28. The minimum atomic E-state index is -0.988. The third-order valence-corrected chi connectivity index (χ3v) is 4.48. The van der Waals surface area contributed by atoms with Crippen molar-refractivity contribution in [3.63, 3.8) is 0 Å². The topological polar surface area (TPSA) is 44.8 Å². The highest BCUT2D eigenvalue weighted by Crippen LogP contribution is 2.41. The quantitative estimate of drug-likeness (QED) is 0.790. The first-order chi connectivity index (χ1) is 12.2. The van der Waals surface area contributed by atoms with Gasteiger partial charge in [0, 0.05) is 0 Å².